The van der Waals surface area contributed by atoms with Gasteiger partial charge in [-0.15, -0.1) is 0 Å². The van der Waals surface area contributed by atoms with Crippen molar-refractivity contribution in [2.24, 2.45) is 5.73 Å². The number of fused-ring (bicyclic) bond motifs is 1. The van der Waals surface area contributed by atoms with Crippen molar-refractivity contribution < 1.29 is 9.59 Å². The third kappa shape index (κ3) is 3.27. The molecule has 6 nitrogen and oxygen atoms in total. The van der Waals surface area contributed by atoms with Crippen molar-refractivity contribution in [1.29, 1.82) is 0 Å². The summed E-state index contributed by atoms with van der Waals surface area (Å²) in [6.45, 7) is 4.11. The number of thiocarbonyl (C=S) groups is 1. The van der Waals surface area contributed by atoms with Gasteiger partial charge in [-0.2, -0.15) is 0 Å². The van der Waals surface area contributed by atoms with Crippen molar-refractivity contribution in [3.63, 3.8) is 0 Å². The van der Waals surface area contributed by atoms with Gasteiger partial charge in [0.1, 0.15) is 12.2 Å². The Labute approximate surface area is 180 Å². The molecule has 2 aromatic carbocycles. The predicted molar refractivity (Wildman–Crippen MR) is 123 cm³/mol. The van der Waals surface area contributed by atoms with Crippen LogP contribution in [-0.2, 0) is 16.1 Å². The van der Waals surface area contributed by atoms with E-state index in [0.717, 1.165) is 33.3 Å². The number of hydrogen-bond donors (Lipinski definition) is 1. The molecule has 0 spiro atoms. The normalized spacial score (nSPS) is 15.6. The summed E-state index contributed by atoms with van der Waals surface area (Å²) < 4.78 is 1.79. The summed E-state index contributed by atoms with van der Waals surface area (Å²) in [4.78, 5) is 28.0. The SMILES string of the molecule is Cc1ccc(N2C(=O)/C(=C/c3cn(CC(N)=O)c4ccccc34)N(C)C2=S)cc1C. The maximum absolute atomic E-state index is 13.3. The summed E-state index contributed by atoms with van der Waals surface area (Å²) in [6, 6.07) is 13.6. The van der Waals surface area contributed by atoms with E-state index in [4.69, 9.17) is 18.0 Å². The van der Waals surface area contributed by atoms with Crippen molar-refractivity contribution in [2.75, 3.05) is 11.9 Å². The van der Waals surface area contributed by atoms with Gasteiger partial charge in [-0.3, -0.25) is 14.5 Å². The Balaban J connectivity index is 1.79. The number of aromatic nitrogens is 1. The fourth-order valence-corrected chi connectivity index (χ4v) is 3.97. The number of anilines is 1. The molecule has 0 bridgehead atoms. The van der Waals surface area contributed by atoms with E-state index in [1.807, 2.05) is 68.6 Å². The summed E-state index contributed by atoms with van der Waals surface area (Å²) in [5.74, 6) is -0.608. The molecule has 1 aliphatic heterocycles. The Kier molecular flexibility index (Phi) is 4.91. The first-order valence-electron chi connectivity index (χ1n) is 9.55. The molecule has 0 atom stereocenters. The lowest BCUT2D eigenvalue weighted by atomic mass is 10.1. The molecule has 2 amide bonds. The highest BCUT2D eigenvalue weighted by molar-refractivity contribution is 7.80. The highest BCUT2D eigenvalue weighted by Gasteiger charge is 2.37. The van der Waals surface area contributed by atoms with Crippen LogP contribution >= 0.6 is 12.2 Å². The first-order valence-corrected chi connectivity index (χ1v) is 9.96. The third-order valence-electron chi connectivity index (χ3n) is 5.45. The summed E-state index contributed by atoms with van der Waals surface area (Å²) in [5.41, 5.74) is 10.6. The smallest absolute Gasteiger partial charge is 0.281 e. The van der Waals surface area contributed by atoms with Crippen molar-refractivity contribution in [2.45, 2.75) is 20.4 Å². The maximum Gasteiger partial charge on any atom is 0.281 e. The third-order valence-corrected chi connectivity index (χ3v) is 5.90. The second kappa shape index (κ2) is 7.42. The molecule has 1 saturated heterocycles. The van der Waals surface area contributed by atoms with Crippen molar-refractivity contribution in [1.82, 2.24) is 9.47 Å². The molecule has 2 N–H and O–H groups in total. The largest absolute Gasteiger partial charge is 0.368 e. The van der Waals surface area contributed by atoms with Gasteiger partial charge in [0.2, 0.25) is 5.91 Å². The molecule has 1 aromatic heterocycles. The summed E-state index contributed by atoms with van der Waals surface area (Å²) in [5, 5.41) is 1.36. The van der Waals surface area contributed by atoms with Crippen LogP contribution in [0.4, 0.5) is 5.69 Å². The first-order chi connectivity index (χ1) is 14.3. The van der Waals surface area contributed by atoms with Gasteiger partial charge in [0.25, 0.3) is 5.91 Å². The van der Waals surface area contributed by atoms with E-state index in [9.17, 15) is 9.59 Å². The van der Waals surface area contributed by atoms with E-state index in [0.29, 0.717) is 10.8 Å². The second-order valence-electron chi connectivity index (χ2n) is 7.48. The molecule has 7 heteroatoms. The topological polar surface area (TPSA) is 71.6 Å². The summed E-state index contributed by atoms with van der Waals surface area (Å²) in [6.07, 6.45) is 3.65. The molecular formula is C23H22N4O2S. The fraction of sp³-hybridized carbons (Fsp3) is 0.174. The van der Waals surface area contributed by atoms with Gasteiger partial charge in [-0.1, -0.05) is 24.3 Å². The van der Waals surface area contributed by atoms with Crippen LogP contribution in [0.25, 0.3) is 17.0 Å². The zero-order valence-corrected chi connectivity index (χ0v) is 17.9. The molecule has 1 fully saturated rings. The molecule has 0 radical (unpaired) electrons. The molecule has 152 valence electrons. The summed E-state index contributed by atoms with van der Waals surface area (Å²) >= 11 is 5.57. The van der Waals surface area contributed by atoms with Crippen molar-refractivity contribution in [3.05, 3.63) is 71.0 Å². The number of rotatable bonds is 4. The molecule has 0 saturated carbocycles. The molecule has 2 heterocycles. The highest BCUT2D eigenvalue weighted by atomic mass is 32.1. The number of likely N-dealkylation sites (N-methyl/N-ethyl adjacent to an activating group) is 1. The molecule has 0 aliphatic carbocycles. The van der Waals surface area contributed by atoms with Gasteiger partial charge in [-0.05, 0) is 61.5 Å². The Morgan fingerprint density at radius 3 is 2.57 bits per heavy atom. The fourth-order valence-electron chi connectivity index (χ4n) is 3.69. The molecular weight excluding hydrogens is 396 g/mol. The quantitative estimate of drug-likeness (QED) is 0.521. The number of benzene rings is 2. The van der Waals surface area contributed by atoms with Crippen LogP contribution in [-0.4, -0.2) is 33.4 Å². The number of para-hydroxylation sites is 1. The zero-order valence-electron chi connectivity index (χ0n) is 17.0. The lowest BCUT2D eigenvalue weighted by Crippen LogP contribution is -2.31. The number of nitrogens with two attached hydrogens (primary N) is 1. The monoisotopic (exact) mass is 418 g/mol. The number of nitrogens with zero attached hydrogens (tertiary/aromatic N) is 3. The van der Waals surface area contributed by atoms with Gasteiger partial charge in [0, 0.05) is 29.7 Å². The Morgan fingerprint density at radius 2 is 1.87 bits per heavy atom. The van der Waals surface area contributed by atoms with Crippen LogP contribution < -0.4 is 10.6 Å². The van der Waals surface area contributed by atoms with E-state index in [1.54, 1.807) is 21.4 Å². The van der Waals surface area contributed by atoms with Gasteiger partial charge in [-0.25, -0.2) is 0 Å². The summed E-state index contributed by atoms with van der Waals surface area (Å²) in [7, 11) is 1.79. The first kappa shape index (κ1) is 19.8. The molecule has 3 aromatic rings. The molecule has 30 heavy (non-hydrogen) atoms. The van der Waals surface area contributed by atoms with Crippen molar-refractivity contribution in [3.8, 4) is 0 Å². The number of amides is 2. The number of aryl methyl sites for hydroxylation is 2. The zero-order chi connectivity index (χ0) is 21.6. The number of primary amides is 1. The lowest BCUT2D eigenvalue weighted by Gasteiger charge is -2.17. The van der Waals surface area contributed by atoms with Gasteiger partial charge < -0.3 is 15.2 Å². The Hall–Kier alpha value is -3.45. The van der Waals surface area contributed by atoms with Gasteiger partial charge in [0.05, 0.1) is 5.69 Å². The maximum atomic E-state index is 13.3. The van der Waals surface area contributed by atoms with Crippen LogP contribution in [0.3, 0.4) is 0 Å². The van der Waals surface area contributed by atoms with E-state index in [2.05, 4.69) is 0 Å². The predicted octanol–water partition coefficient (Wildman–Crippen LogP) is 3.35. The number of carbonyl (C=O) groups is 2. The average Bonchev–Trinajstić information content (AvgIpc) is 3.14. The van der Waals surface area contributed by atoms with Gasteiger partial charge in [0.15, 0.2) is 5.11 Å². The van der Waals surface area contributed by atoms with Crippen LogP contribution in [0.15, 0.2) is 54.4 Å². The second-order valence-corrected chi connectivity index (χ2v) is 7.84. The molecule has 0 unspecified atom stereocenters. The van der Waals surface area contributed by atoms with E-state index < -0.39 is 5.91 Å². The average molecular weight is 419 g/mol. The van der Waals surface area contributed by atoms with Crippen LogP contribution in [0.2, 0.25) is 0 Å². The van der Waals surface area contributed by atoms with Crippen LogP contribution in [0.1, 0.15) is 16.7 Å². The lowest BCUT2D eigenvalue weighted by molar-refractivity contribution is -0.118. The van der Waals surface area contributed by atoms with Gasteiger partial charge >= 0.3 is 0 Å². The van der Waals surface area contributed by atoms with Crippen LogP contribution in [0, 0.1) is 13.8 Å². The standard InChI is InChI=1S/C23H22N4O2S/c1-14-8-9-17(10-15(14)2)27-22(29)20(25(3)23(27)30)11-16-12-26(13-21(24)28)19-7-5-4-6-18(16)19/h4-12H,13H2,1-3H3,(H2,24,28)/b20-11-. The minimum atomic E-state index is -0.425. The Morgan fingerprint density at radius 1 is 1.13 bits per heavy atom. The number of carbonyl (C=O) groups excluding carboxylic acids is 2. The van der Waals surface area contributed by atoms with E-state index in [1.165, 1.54) is 0 Å². The highest BCUT2D eigenvalue weighted by Crippen LogP contribution is 2.31. The van der Waals surface area contributed by atoms with Crippen molar-refractivity contribution >= 4 is 51.8 Å². The molecule has 1 aliphatic rings. The van der Waals surface area contributed by atoms with Crippen LogP contribution in [0.5, 0.6) is 0 Å². The Bertz CT molecular complexity index is 1240. The van der Waals surface area contributed by atoms with E-state index in [-0.39, 0.29) is 12.5 Å². The molecule has 4 rings (SSSR count). The van der Waals surface area contributed by atoms with E-state index >= 15 is 0 Å². The minimum Gasteiger partial charge on any atom is -0.368 e. The minimum absolute atomic E-state index is 0.0701. The number of hydrogen-bond acceptors (Lipinski definition) is 3.